The molecule has 9 aromatic rings. The highest BCUT2D eigenvalue weighted by Gasteiger charge is 2.26. The fourth-order valence-corrected chi connectivity index (χ4v) is 8.74. The molecule has 57 heavy (non-hydrogen) atoms. The maximum Gasteiger partial charge on any atom is 0.159 e. The number of benzene rings is 9. The zero-order valence-electron chi connectivity index (χ0n) is 31.2. The second-order valence-electron chi connectivity index (χ2n) is 15.0. The number of rotatable bonds is 6. The van der Waals surface area contributed by atoms with Crippen LogP contribution in [0.5, 0.6) is 0 Å². The van der Waals surface area contributed by atoms with Gasteiger partial charge in [0, 0.05) is 11.1 Å². The van der Waals surface area contributed by atoms with E-state index in [2.05, 4.69) is 169 Å². The first kappa shape index (κ1) is 33.0. The topological polar surface area (TPSA) is 36.8 Å². The Morgan fingerprint density at radius 2 is 1.07 bits per heavy atom. The molecule has 2 aliphatic rings. The van der Waals surface area contributed by atoms with Crippen LogP contribution in [0.4, 0.5) is 0 Å². The number of aliphatic imine (C=N–C) groups is 2. The number of nitrogens with one attached hydrogen (secondary N) is 1. The van der Waals surface area contributed by atoms with E-state index in [9.17, 15) is 0 Å². The Hall–Kier alpha value is -7.36. The van der Waals surface area contributed by atoms with E-state index < -0.39 is 0 Å². The predicted octanol–water partition coefficient (Wildman–Crippen LogP) is 13.1. The number of hydrogen-bond acceptors (Lipinski definition) is 3. The Balaban J connectivity index is 0.963. The Morgan fingerprint density at radius 1 is 0.421 bits per heavy atom. The smallest absolute Gasteiger partial charge is 0.159 e. The molecule has 1 unspecified atom stereocenters. The summed E-state index contributed by atoms with van der Waals surface area (Å²) in [6, 6.07) is 72.0. The Bertz CT molecular complexity index is 3050. The highest BCUT2D eigenvalue weighted by Crippen LogP contribution is 2.48. The summed E-state index contributed by atoms with van der Waals surface area (Å²) in [4.78, 5) is 10.0. The van der Waals surface area contributed by atoms with E-state index in [0.717, 1.165) is 40.3 Å². The van der Waals surface area contributed by atoms with Gasteiger partial charge >= 0.3 is 0 Å². The van der Waals surface area contributed by atoms with E-state index in [-0.39, 0.29) is 6.17 Å². The molecule has 1 N–H and O–H groups in total. The van der Waals surface area contributed by atoms with E-state index in [1.165, 1.54) is 71.6 Å². The molecule has 268 valence electrons. The molecule has 1 heterocycles. The maximum absolute atomic E-state index is 5.08. The van der Waals surface area contributed by atoms with Gasteiger partial charge in [0.2, 0.25) is 0 Å². The third-order valence-corrected chi connectivity index (χ3v) is 11.6. The SMILES string of the molecule is c1ccc(C2=NC(c3ccc(-c4cccc(-c5cc6c(c7ccccc57)Cc5cccc(-c7ccc8ccccc8c7)c5-6)c4)cc3)NC(c3ccccc3)=N2)cc1. The second kappa shape index (κ2) is 13.7. The molecule has 0 aromatic heterocycles. The summed E-state index contributed by atoms with van der Waals surface area (Å²) in [5.74, 6) is 1.54. The molecule has 0 bridgehead atoms. The van der Waals surface area contributed by atoms with Crippen molar-refractivity contribution in [3.05, 3.63) is 228 Å². The van der Waals surface area contributed by atoms with Gasteiger partial charge in [-0.05, 0) is 107 Å². The summed E-state index contributed by atoms with van der Waals surface area (Å²) in [5, 5.41) is 8.75. The average molecular weight is 728 g/mol. The van der Waals surface area contributed by atoms with Gasteiger partial charge in [-0.3, -0.25) is 0 Å². The van der Waals surface area contributed by atoms with E-state index in [0.29, 0.717) is 0 Å². The Labute approximate surface area is 332 Å². The van der Waals surface area contributed by atoms with E-state index >= 15 is 0 Å². The van der Waals surface area contributed by atoms with E-state index in [4.69, 9.17) is 9.98 Å². The zero-order chi connectivity index (χ0) is 37.7. The van der Waals surface area contributed by atoms with Crippen molar-refractivity contribution in [3.8, 4) is 44.5 Å². The van der Waals surface area contributed by atoms with Crippen molar-refractivity contribution in [3.63, 3.8) is 0 Å². The van der Waals surface area contributed by atoms with Crippen molar-refractivity contribution in [2.75, 3.05) is 0 Å². The van der Waals surface area contributed by atoms with Crippen LogP contribution in [-0.4, -0.2) is 11.7 Å². The first-order valence-corrected chi connectivity index (χ1v) is 19.6. The molecule has 1 atom stereocenters. The molecule has 11 rings (SSSR count). The predicted molar refractivity (Wildman–Crippen MR) is 238 cm³/mol. The van der Waals surface area contributed by atoms with Gasteiger partial charge in [0.25, 0.3) is 0 Å². The number of fused-ring (bicyclic) bond motifs is 6. The van der Waals surface area contributed by atoms with Crippen molar-refractivity contribution in [1.82, 2.24) is 5.32 Å². The average Bonchev–Trinajstić information content (AvgIpc) is 3.68. The minimum absolute atomic E-state index is 0.270. The minimum atomic E-state index is -0.270. The summed E-state index contributed by atoms with van der Waals surface area (Å²) in [6.45, 7) is 0. The molecular weight excluding hydrogens is 691 g/mol. The van der Waals surface area contributed by atoms with Gasteiger partial charge in [0.05, 0.1) is 0 Å². The first-order chi connectivity index (χ1) is 28.2. The quantitative estimate of drug-likeness (QED) is 0.182. The van der Waals surface area contributed by atoms with Crippen molar-refractivity contribution in [1.29, 1.82) is 0 Å². The summed E-state index contributed by atoms with van der Waals surface area (Å²) in [6.07, 6.45) is 0.665. The van der Waals surface area contributed by atoms with Crippen LogP contribution in [0.15, 0.2) is 210 Å². The summed E-state index contributed by atoms with van der Waals surface area (Å²) in [5.41, 5.74) is 16.0. The van der Waals surface area contributed by atoms with Gasteiger partial charge in [-0.25, -0.2) is 9.98 Å². The maximum atomic E-state index is 5.08. The van der Waals surface area contributed by atoms with Gasteiger partial charge in [0.1, 0.15) is 12.0 Å². The van der Waals surface area contributed by atoms with Crippen LogP contribution in [0, 0.1) is 0 Å². The normalized spacial score (nSPS) is 14.4. The molecule has 3 heteroatoms. The molecule has 0 amide bonds. The summed E-state index contributed by atoms with van der Waals surface area (Å²) in [7, 11) is 0. The third-order valence-electron chi connectivity index (χ3n) is 11.6. The monoisotopic (exact) mass is 727 g/mol. The largest absolute Gasteiger partial charge is 0.344 e. The molecular formula is C54H37N3. The minimum Gasteiger partial charge on any atom is -0.344 e. The van der Waals surface area contributed by atoms with Crippen molar-refractivity contribution in [2.45, 2.75) is 12.6 Å². The van der Waals surface area contributed by atoms with Crippen LogP contribution >= 0.6 is 0 Å². The number of amidine groups is 2. The lowest BCUT2D eigenvalue weighted by Crippen LogP contribution is -2.33. The molecule has 0 saturated heterocycles. The van der Waals surface area contributed by atoms with Gasteiger partial charge < -0.3 is 5.32 Å². The number of nitrogens with zero attached hydrogens (tertiary/aromatic N) is 2. The van der Waals surface area contributed by atoms with Crippen LogP contribution in [0.25, 0.3) is 66.1 Å². The van der Waals surface area contributed by atoms with Gasteiger partial charge in [-0.2, -0.15) is 0 Å². The fraction of sp³-hybridized carbons (Fsp3) is 0.0370. The summed E-state index contributed by atoms with van der Waals surface area (Å²) >= 11 is 0. The molecule has 0 saturated carbocycles. The molecule has 3 nitrogen and oxygen atoms in total. The van der Waals surface area contributed by atoms with Gasteiger partial charge in [0.15, 0.2) is 5.84 Å². The van der Waals surface area contributed by atoms with Crippen LogP contribution in [0.2, 0.25) is 0 Å². The van der Waals surface area contributed by atoms with Crippen LogP contribution in [-0.2, 0) is 6.42 Å². The molecule has 1 aliphatic carbocycles. The summed E-state index contributed by atoms with van der Waals surface area (Å²) < 4.78 is 0. The van der Waals surface area contributed by atoms with Crippen LogP contribution in [0.1, 0.15) is 34.0 Å². The Kier molecular flexibility index (Phi) is 7.96. The lowest BCUT2D eigenvalue weighted by atomic mass is 9.88. The van der Waals surface area contributed by atoms with Crippen molar-refractivity contribution >= 4 is 33.2 Å². The van der Waals surface area contributed by atoms with Crippen LogP contribution in [0.3, 0.4) is 0 Å². The van der Waals surface area contributed by atoms with E-state index in [1.54, 1.807) is 0 Å². The fourth-order valence-electron chi connectivity index (χ4n) is 8.74. The van der Waals surface area contributed by atoms with Gasteiger partial charge in [-0.15, -0.1) is 0 Å². The van der Waals surface area contributed by atoms with Crippen LogP contribution < -0.4 is 5.32 Å². The Morgan fingerprint density at radius 3 is 1.89 bits per heavy atom. The molecule has 0 radical (unpaired) electrons. The zero-order valence-corrected chi connectivity index (χ0v) is 31.2. The molecule has 1 aliphatic heterocycles. The lowest BCUT2D eigenvalue weighted by molar-refractivity contribution is 0.674. The van der Waals surface area contributed by atoms with Crippen molar-refractivity contribution < 1.29 is 0 Å². The third kappa shape index (κ3) is 5.92. The highest BCUT2D eigenvalue weighted by molar-refractivity contribution is 6.13. The van der Waals surface area contributed by atoms with E-state index in [1.807, 2.05) is 36.4 Å². The second-order valence-corrected chi connectivity index (χ2v) is 15.0. The van der Waals surface area contributed by atoms with Gasteiger partial charge in [-0.1, -0.05) is 182 Å². The first-order valence-electron chi connectivity index (χ1n) is 19.6. The standard InChI is InChI=1S/C54H37N3/c1-3-14-37(15-4-1)52-55-53(38-16-5-2-6-17-38)57-54(56-52)39-28-25-36(26-29-39)41-19-11-20-42(31-41)48-34-50-49(47-23-10-9-22-46(47)48)33-44-21-12-24-45(51(44)50)43-30-27-35-13-7-8-18-40(35)32-43/h1-32,34,54H,33H2,(H,55,56,57). The van der Waals surface area contributed by atoms with Crippen molar-refractivity contribution in [2.24, 2.45) is 9.98 Å². The number of hydrogen-bond donors (Lipinski definition) is 1. The molecule has 9 aromatic carbocycles. The molecule has 0 spiro atoms. The molecule has 0 fully saturated rings. The highest BCUT2D eigenvalue weighted by atomic mass is 15.2. The lowest BCUT2D eigenvalue weighted by Gasteiger charge is -2.24.